The Hall–Kier alpha value is -1.42. The minimum Gasteiger partial charge on any atom is -0.338 e. The van der Waals surface area contributed by atoms with Crippen LogP contribution >= 0.6 is 34.8 Å². The zero-order chi connectivity index (χ0) is 25.8. The topological polar surface area (TPSA) is 69.7 Å². The minimum absolute atomic E-state index is 0.0894. The normalized spacial score (nSPS) is 17.2. The van der Waals surface area contributed by atoms with Crippen molar-refractivity contribution in [2.75, 3.05) is 32.9 Å². The number of likely N-dealkylation sites (tertiary alicyclic amines) is 1. The Kier molecular flexibility index (Phi) is 9.45. The Morgan fingerprint density at radius 1 is 1.14 bits per heavy atom. The van der Waals surface area contributed by atoms with Gasteiger partial charge in [-0.2, -0.15) is 0 Å². The Balaban J connectivity index is 1.76. The average Bonchev–Trinajstić information content (AvgIpc) is 2.78. The largest absolute Gasteiger partial charge is 0.338 e. The van der Waals surface area contributed by atoms with Crippen LogP contribution in [0.15, 0.2) is 42.5 Å². The van der Waals surface area contributed by atoms with Crippen molar-refractivity contribution in [3.8, 4) is 0 Å². The number of carbonyl (C=O) groups is 1. The molecular formula is C24H29Cl3FN3O3S. The highest BCUT2D eigenvalue weighted by atomic mass is 35.5. The second-order valence-electron chi connectivity index (χ2n) is 8.98. The molecule has 1 amide bonds. The van der Waals surface area contributed by atoms with Crippen LogP contribution in [0.25, 0.3) is 0 Å². The van der Waals surface area contributed by atoms with Gasteiger partial charge in [0.1, 0.15) is 0 Å². The number of carbonyl (C=O) groups excluding carboxylic acids is 1. The molecule has 3 rings (SSSR count). The number of nitrogens with zero attached hydrogens (tertiary/aromatic N) is 2. The number of sulfonamides is 1. The van der Waals surface area contributed by atoms with Crippen LogP contribution in [-0.2, 0) is 27.0 Å². The van der Waals surface area contributed by atoms with E-state index in [0.29, 0.717) is 37.5 Å². The predicted octanol–water partition coefficient (Wildman–Crippen LogP) is 4.87. The van der Waals surface area contributed by atoms with E-state index in [1.165, 1.54) is 23.1 Å². The van der Waals surface area contributed by atoms with Crippen molar-refractivity contribution in [1.82, 2.24) is 14.5 Å². The molecule has 1 saturated heterocycles. The van der Waals surface area contributed by atoms with Crippen molar-refractivity contribution < 1.29 is 17.6 Å². The molecule has 2 aromatic rings. The molecule has 0 aromatic heterocycles. The molecule has 1 fully saturated rings. The standard InChI is InChI=1S/C24H29Cl3FN3O3S/c1-30(16-17-4-3-5-19(25)14-17)23(32)24(28,18-6-7-21(26)22(27)15-18)10-13-31-11-8-20(9-12-31)29-35(2,33)34/h3-7,14-15,20,29H,8-13,16H2,1-2H3. The van der Waals surface area contributed by atoms with Crippen molar-refractivity contribution in [2.45, 2.75) is 37.5 Å². The van der Waals surface area contributed by atoms with E-state index in [9.17, 15) is 13.2 Å². The van der Waals surface area contributed by atoms with Crippen LogP contribution in [0.1, 0.15) is 30.4 Å². The SMILES string of the molecule is CN(Cc1cccc(Cl)c1)C(=O)C(F)(CCN1CCC(NS(C)(=O)=O)CC1)c1ccc(Cl)c(Cl)c1. The summed E-state index contributed by atoms with van der Waals surface area (Å²) in [5.41, 5.74) is -1.41. The number of hydrogen-bond donors (Lipinski definition) is 1. The molecule has 0 aliphatic carbocycles. The summed E-state index contributed by atoms with van der Waals surface area (Å²) in [6.07, 6.45) is 2.27. The van der Waals surface area contributed by atoms with Gasteiger partial charge in [0.05, 0.1) is 16.3 Å². The van der Waals surface area contributed by atoms with Crippen LogP contribution in [0.4, 0.5) is 4.39 Å². The van der Waals surface area contributed by atoms with Crippen molar-refractivity contribution in [3.63, 3.8) is 0 Å². The van der Waals surface area contributed by atoms with Crippen molar-refractivity contribution >= 4 is 50.7 Å². The zero-order valence-corrected chi connectivity index (χ0v) is 22.7. The molecule has 0 spiro atoms. The van der Waals surface area contributed by atoms with E-state index in [1.54, 1.807) is 25.2 Å². The highest BCUT2D eigenvalue weighted by molar-refractivity contribution is 7.88. The number of benzene rings is 2. The van der Waals surface area contributed by atoms with Crippen LogP contribution in [0.5, 0.6) is 0 Å². The Morgan fingerprint density at radius 2 is 1.83 bits per heavy atom. The van der Waals surface area contributed by atoms with E-state index < -0.39 is 21.6 Å². The third-order valence-corrected chi connectivity index (χ3v) is 7.85. The van der Waals surface area contributed by atoms with E-state index in [4.69, 9.17) is 34.8 Å². The fourth-order valence-electron chi connectivity index (χ4n) is 4.29. The quantitative estimate of drug-likeness (QED) is 0.472. The summed E-state index contributed by atoms with van der Waals surface area (Å²) in [5, 5.41) is 0.982. The van der Waals surface area contributed by atoms with Gasteiger partial charge in [-0.05, 0) is 55.8 Å². The average molecular weight is 565 g/mol. The third-order valence-electron chi connectivity index (χ3n) is 6.11. The van der Waals surface area contributed by atoms with E-state index in [0.717, 1.165) is 11.8 Å². The molecule has 2 aromatic carbocycles. The first-order chi connectivity index (χ1) is 16.4. The molecule has 0 bridgehead atoms. The van der Waals surface area contributed by atoms with Gasteiger partial charge in [0, 0.05) is 43.2 Å². The molecule has 1 N–H and O–H groups in total. The fourth-order valence-corrected chi connectivity index (χ4v) is 5.64. The monoisotopic (exact) mass is 563 g/mol. The first kappa shape index (κ1) is 28.2. The Bertz CT molecular complexity index is 1160. The summed E-state index contributed by atoms with van der Waals surface area (Å²) in [4.78, 5) is 16.9. The van der Waals surface area contributed by atoms with E-state index in [-0.39, 0.29) is 34.6 Å². The number of alkyl halides is 1. The maximum atomic E-state index is 16.7. The molecule has 35 heavy (non-hydrogen) atoms. The van der Waals surface area contributed by atoms with E-state index in [1.807, 2.05) is 11.0 Å². The van der Waals surface area contributed by atoms with Crippen molar-refractivity contribution in [1.29, 1.82) is 0 Å². The number of rotatable bonds is 9. The fraction of sp³-hybridized carbons (Fsp3) is 0.458. The molecule has 0 radical (unpaired) electrons. The van der Waals surface area contributed by atoms with Gasteiger partial charge in [-0.1, -0.05) is 53.0 Å². The lowest BCUT2D eigenvalue weighted by molar-refractivity contribution is -0.145. The van der Waals surface area contributed by atoms with Crippen LogP contribution < -0.4 is 4.72 Å². The highest BCUT2D eigenvalue weighted by Crippen LogP contribution is 2.36. The lowest BCUT2D eigenvalue weighted by Crippen LogP contribution is -2.47. The molecule has 192 valence electrons. The van der Waals surface area contributed by atoms with Gasteiger partial charge in [0.25, 0.3) is 5.91 Å². The zero-order valence-electron chi connectivity index (χ0n) is 19.6. The number of amides is 1. The van der Waals surface area contributed by atoms with Gasteiger partial charge in [-0.3, -0.25) is 4.79 Å². The Labute approximate surface area is 221 Å². The number of piperidine rings is 1. The first-order valence-electron chi connectivity index (χ1n) is 11.2. The first-order valence-corrected chi connectivity index (χ1v) is 14.2. The van der Waals surface area contributed by atoms with Gasteiger partial charge in [0.15, 0.2) is 0 Å². The molecule has 0 saturated carbocycles. The third kappa shape index (κ3) is 7.78. The maximum absolute atomic E-state index is 16.7. The molecule has 1 aliphatic rings. The summed E-state index contributed by atoms with van der Waals surface area (Å²) < 4.78 is 42.3. The van der Waals surface area contributed by atoms with Gasteiger partial charge >= 0.3 is 0 Å². The Morgan fingerprint density at radius 3 is 2.43 bits per heavy atom. The molecule has 1 aliphatic heterocycles. The molecule has 1 unspecified atom stereocenters. The molecule has 11 heteroatoms. The van der Waals surface area contributed by atoms with Crippen molar-refractivity contribution in [3.05, 3.63) is 68.7 Å². The molecule has 6 nitrogen and oxygen atoms in total. The second kappa shape index (κ2) is 11.8. The lowest BCUT2D eigenvalue weighted by Gasteiger charge is -2.35. The van der Waals surface area contributed by atoms with Crippen LogP contribution in [-0.4, -0.2) is 63.1 Å². The number of likely N-dealkylation sites (N-methyl/N-ethyl adjacent to an activating group) is 1. The van der Waals surface area contributed by atoms with Crippen LogP contribution in [0.3, 0.4) is 0 Å². The van der Waals surface area contributed by atoms with Gasteiger partial charge in [-0.25, -0.2) is 17.5 Å². The number of halogens is 4. The molecule has 1 heterocycles. The van der Waals surface area contributed by atoms with E-state index >= 15 is 4.39 Å². The summed E-state index contributed by atoms with van der Waals surface area (Å²) in [5.74, 6) is -0.690. The summed E-state index contributed by atoms with van der Waals surface area (Å²) >= 11 is 18.3. The number of nitrogens with one attached hydrogen (secondary N) is 1. The van der Waals surface area contributed by atoms with Gasteiger partial charge in [0.2, 0.25) is 15.7 Å². The van der Waals surface area contributed by atoms with Crippen LogP contribution in [0, 0.1) is 0 Å². The van der Waals surface area contributed by atoms with Gasteiger partial charge in [-0.15, -0.1) is 0 Å². The van der Waals surface area contributed by atoms with Crippen LogP contribution in [0.2, 0.25) is 15.1 Å². The summed E-state index contributed by atoms with van der Waals surface area (Å²) in [6.45, 7) is 1.70. The molecule has 1 atom stereocenters. The van der Waals surface area contributed by atoms with E-state index in [2.05, 4.69) is 4.72 Å². The van der Waals surface area contributed by atoms with Gasteiger partial charge < -0.3 is 9.80 Å². The highest BCUT2D eigenvalue weighted by Gasteiger charge is 2.43. The minimum atomic E-state index is -3.28. The smallest absolute Gasteiger partial charge is 0.265 e. The van der Waals surface area contributed by atoms with Crippen molar-refractivity contribution in [2.24, 2.45) is 0 Å². The summed E-state index contributed by atoms with van der Waals surface area (Å²) in [7, 11) is -1.73. The number of hydrogen-bond acceptors (Lipinski definition) is 4. The maximum Gasteiger partial charge on any atom is 0.265 e. The summed E-state index contributed by atoms with van der Waals surface area (Å²) in [6, 6.07) is 11.3. The second-order valence-corrected chi connectivity index (χ2v) is 12.0. The lowest BCUT2D eigenvalue weighted by atomic mass is 9.90. The predicted molar refractivity (Wildman–Crippen MR) is 139 cm³/mol. The molecular weight excluding hydrogens is 536 g/mol.